The van der Waals surface area contributed by atoms with Crippen LogP contribution >= 0.6 is 11.8 Å². The van der Waals surface area contributed by atoms with Gasteiger partial charge in [0, 0.05) is 23.9 Å². The molecule has 1 amide bonds. The summed E-state index contributed by atoms with van der Waals surface area (Å²) in [6.45, 7) is 6.68. The number of nitrogens with zero attached hydrogens (tertiary/aromatic N) is 3. The number of amides is 1. The van der Waals surface area contributed by atoms with Crippen molar-refractivity contribution in [2.24, 2.45) is 5.92 Å². The molecular weight excluding hydrogens is 386 g/mol. The second-order valence-corrected chi connectivity index (χ2v) is 9.46. The number of pyridine rings is 1. The molecular formula is C22H25N3O3S. The topological polar surface area (TPSA) is 63.9 Å². The third kappa shape index (κ3) is 4.40. The third-order valence-corrected chi connectivity index (χ3v) is 6.01. The Morgan fingerprint density at radius 1 is 1.24 bits per heavy atom. The standard InChI is InChI=1S/C22H25N3O3S/c1-22(2,3)28-21(27)24-11-9-15(10-12-24)18(26)8-7-17-13-16-14-23-19-5-4-6-20(29-17)25(16)19/h4-8,13-15H,9-12H2,1-3H3. The highest BCUT2D eigenvalue weighted by atomic mass is 32.2. The van der Waals surface area contributed by atoms with Gasteiger partial charge in [0.1, 0.15) is 11.2 Å². The first-order valence-electron chi connectivity index (χ1n) is 9.86. The van der Waals surface area contributed by atoms with Crippen LogP contribution in [0.2, 0.25) is 0 Å². The second kappa shape index (κ2) is 7.71. The average Bonchev–Trinajstić information content (AvgIpc) is 3.09. The van der Waals surface area contributed by atoms with Crippen molar-refractivity contribution in [1.82, 2.24) is 14.3 Å². The van der Waals surface area contributed by atoms with Gasteiger partial charge in [-0.25, -0.2) is 9.78 Å². The lowest BCUT2D eigenvalue weighted by Gasteiger charge is -2.32. The van der Waals surface area contributed by atoms with Gasteiger partial charge in [-0.15, -0.1) is 0 Å². The van der Waals surface area contributed by atoms with Crippen LogP contribution in [0.25, 0.3) is 11.7 Å². The number of likely N-dealkylation sites (tertiary alicyclic amines) is 1. The Labute approximate surface area is 174 Å². The third-order valence-electron chi connectivity index (χ3n) is 4.99. The molecule has 2 aromatic rings. The van der Waals surface area contributed by atoms with Crippen molar-refractivity contribution in [2.75, 3.05) is 13.1 Å². The summed E-state index contributed by atoms with van der Waals surface area (Å²) < 4.78 is 7.52. The molecule has 7 heteroatoms. The van der Waals surface area contributed by atoms with Gasteiger partial charge >= 0.3 is 6.09 Å². The number of imidazole rings is 1. The number of carbonyl (C=O) groups excluding carboxylic acids is 2. The predicted octanol–water partition coefficient (Wildman–Crippen LogP) is 4.55. The number of ether oxygens (including phenoxy) is 1. The number of piperidine rings is 1. The molecule has 6 nitrogen and oxygen atoms in total. The Kier molecular flexibility index (Phi) is 5.25. The Balaban J connectivity index is 1.35. The Morgan fingerprint density at radius 2 is 2.00 bits per heavy atom. The highest BCUT2D eigenvalue weighted by Crippen LogP contribution is 2.35. The van der Waals surface area contributed by atoms with Crippen LogP contribution < -0.4 is 0 Å². The van der Waals surface area contributed by atoms with Crippen molar-refractivity contribution < 1.29 is 14.3 Å². The number of allylic oxidation sites excluding steroid dienone is 2. The van der Waals surface area contributed by atoms with Crippen molar-refractivity contribution in [2.45, 2.75) is 44.2 Å². The smallest absolute Gasteiger partial charge is 0.410 e. The van der Waals surface area contributed by atoms with Gasteiger partial charge in [0.2, 0.25) is 0 Å². The summed E-state index contributed by atoms with van der Waals surface area (Å²) in [6.07, 6.45) is 8.50. The molecule has 2 aliphatic heterocycles. The first-order valence-corrected chi connectivity index (χ1v) is 10.7. The summed E-state index contributed by atoms with van der Waals surface area (Å²) in [6, 6.07) is 6.03. The Hall–Kier alpha value is -2.54. The first-order chi connectivity index (χ1) is 13.8. The van der Waals surface area contributed by atoms with Crippen LogP contribution in [0.5, 0.6) is 0 Å². The van der Waals surface area contributed by atoms with Crippen LogP contribution in [0.1, 0.15) is 39.3 Å². The molecule has 1 fully saturated rings. The van der Waals surface area contributed by atoms with Gasteiger partial charge in [-0.05, 0) is 64.0 Å². The van der Waals surface area contributed by atoms with E-state index in [0.717, 1.165) is 21.3 Å². The van der Waals surface area contributed by atoms with E-state index in [1.165, 1.54) is 0 Å². The predicted molar refractivity (Wildman–Crippen MR) is 114 cm³/mol. The fraction of sp³-hybridized carbons (Fsp3) is 0.409. The monoisotopic (exact) mass is 411 g/mol. The minimum Gasteiger partial charge on any atom is -0.444 e. The largest absolute Gasteiger partial charge is 0.444 e. The zero-order valence-corrected chi connectivity index (χ0v) is 17.7. The molecule has 0 radical (unpaired) electrons. The normalized spacial score (nSPS) is 17.6. The van der Waals surface area contributed by atoms with Crippen molar-refractivity contribution >= 4 is 35.4 Å². The molecule has 0 aliphatic carbocycles. The molecule has 0 unspecified atom stereocenters. The molecule has 2 aromatic heterocycles. The zero-order chi connectivity index (χ0) is 20.6. The van der Waals surface area contributed by atoms with Crippen molar-refractivity contribution in [3.63, 3.8) is 0 Å². The van der Waals surface area contributed by atoms with E-state index < -0.39 is 5.60 Å². The van der Waals surface area contributed by atoms with Crippen molar-refractivity contribution in [1.29, 1.82) is 0 Å². The SMILES string of the molecule is CC(C)(C)OC(=O)N1CCC(C(=O)C=CC2=Cc3cnc4cccc(n34)S2)CC1. The van der Waals surface area contributed by atoms with Crippen molar-refractivity contribution in [3.05, 3.63) is 47.1 Å². The molecule has 152 valence electrons. The molecule has 0 spiro atoms. The maximum atomic E-state index is 12.7. The molecule has 1 saturated heterocycles. The quantitative estimate of drug-likeness (QED) is 0.693. The molecule has 0 aromatic carbocycles. The highest BCUT2D eigenvalue weighted by Gasteiger charge is 2.29. The van der Waals surface area contributed by atoms with Crippen LogP contribution in [0.15, 0.2) is 46.5 Å². The van der Waals surface area contributed by atoms with Crippen LogP contribution in [-0.4, -0.2) is 44.9 Å². The Bertz CT molecular complexity index is 1010. The van der Waals surface area contributed by atoms with E-state index in [2.05, 4.69) is 15.5 Å². The van der Waals surface area contributed by atoms with Gasteiger partial charge in [-0.3, -0.25) is 9.20 Å². The summed E-state index contributed by atoms with van der Waals surface area (Å²) in [5.74, 6) is 0.0701. The van der Waals surface area contributed by atoms with E-state index in [1.54, 1.807) is 22.7 Å². The molecule has 0 saturated carbocycles. The number of rotatable bonds is 3. The minimum atomic E-state index is -0.502. The maximum Gasteiger partial charge on any atom is 0.410 e. The molecule has 2 aliphatic rings. The maximum absolute atomic E-state index is 12.7. The van der Waals surface area contributed by atoms with Crippen LogP contribution in [0.3, 0.4) is 0 Å². The first kappa shape index (κ1) is 19.8. The highest BCUT2D eigenvalue weighted by molar-refractivity contribution is 8.03. The number of hydrogen-bond acceptors (Lipinski definition) is 5. The fourth-order valence-corrected chi connectivity index (χ4v) is 4.56. The van der Waals surface area contributed by atoms with Crippen LogP contribution in [-0.2, 0) is 9.53 Å². The van der Waals surface area contributed by atoms with Gasteiger partial charge in [0.05, 0.1) is 16.9 Å². The van der Waals surface area contributed by atoms with Gasteiger partial charge in [-0.2, -0.15) is 0 Å². The summed E-state index contributed by atoms with van der Waals surface area (Å²) in [5, 5.41) is 1.09. The minimum absolute atomic E-state index is 0.0481. The molecule has 0 bridgehead atoms. The lowest BCUT2D eigenvalue weighted by molar-refractivity contribution is -0.119. The van der Waals surface area contributed by atoms with Crippen LogP contribution in [0.4, 0.5) is 4.79 Å². The molecule has 29 heavy (non-hydrogen) atoms. The number of carbonyl (C=O) groups is 2. The van der Waals surface area contributed by atoms with E-state index in [4.69, 9.17) is 4.74 Å². The fourth-order valence-electron chi connectivity index (χ4n) is 3.56. The summed E-state index contributed by atoms with van der Waals surface area (Å²) in [4.78, 5) is 31.9. The van der Waals surface area contributed by atoms with E-state index in [0.29, 0.717) is 25.9 Å². The number of ketones is 1. The zero-order valence-electron chi connectivity index (χ0n) is 16.9. The lowest BCUT2D eigenvalue weighted by atomic mass is 9.92. The van der Waals surface area contributed by atoms with E-state index >= 15 is 0 Å². The molecule has 0 N–H and O–H groups in total. The molecule has 4 rings (SSSR count). The van der Waals surface area contributed by atoms with Gasteiger partial charge in [-0.1, -0.05) is 17.8 Å². The van der Waals surface area contributed by atoms with Crippen molar-refractivity contribution in [3.8, 4) is 0 Å². The number of aromatic nitrogens is 2. The second-order valence-electron chi connectivity index (χ2n) is 8.37. The Morgan fingerprint density at radius 3 is 2.72 bits per heavy atom. The molecule has 4 heterocycles. The van der Waals surface area contributed by atoms with Gasteiger partial charge in [0.15, 0.2) is 5.78 Å². The number of hydrogen-bond donors (Lipinski definition) is 0. The molecule has 0 atom stereocenters. The summed E-state index contributed by atoms with van der Waals surface area (Å²) in [5.41, 5.74) is 1.45. The van der Waals surface area contributed by atoms with Crippen LogP contribution in [0, 0.1) is 5.92 Å². The average molecular weight is 412 g/mol. The summed E-state index contributed by atoms with van der Waals surface area (Å²) >= 11 is 1.63. The van der Waals surface area contributed by atoms with E-state index in [-0.39, 0.29) is 17.8 Å². The lowest BCUT2D eigenvalue weighted by Crippen LogP contribution is -2.42. The van der Waals surface area contributed by atoms with E-state index in [1.807, 2.05) is 51.3 Å². The van der Waals surface area contributed by atoms with Gasteiger partial charge in [0.25, 0.3) is 0 Å². The number of thioether (sulfide) groups is 1. The van der Waals surface area contributed by atoms with E-state index in [9.17, 15) is 9.59 Å². The summed E-state index contributed by atoms with van der Waals surface area (Å²) in [7, 11) is 0. The van der Waals surface area contributed by atoms with Gasteiger partial charge < -0.3 is 9.64 Å².